The van der Waals surface area contributed by atoms with Crippen molar-refractivity contribution in [1.82, 2.24) is 9.97 Å². The Morgan fingerprint density at radius 1 is 1.10 bits per heavy atom. The molecule has 2 aliphatic carbocycles. The van der Waals surface area contributed by atoms with Crippen molar-refractivity contribution in [3.63, 3.8) is 0 Å². The van der Waals surface area contributed by atoms with Gasteiger partial charge in [0.2, 0.25) is 5.95 Å². The fourth-order valence-electron chi connectivity index (χ4n) is 3.76. The summed E-state index contributed by atoms with van der Waals surface area (Å²) in [6.45, 7) is 2.47. The van der Waals surface area contributed by atoms with Crippen molar-refractivity contribution in [2.24, 2.45) is 11.3 Å². The van der Waals surface area contributed by atoms with E-state index < -0.39 is 0 Å². The highest BCUT2D eigenvalue weighted by molar-refractivity contribution is 5.78. The zero-order valence-corrected chi connectivity index (χ0v) is 12.7. The molecule has 0 radical (unpaired) electrons. The molecular weight excluding hydrogens is 258 g/mol. The summed E-state index contributed by atoms with van der Waals surface area (Å²) in [6.07, 6.45) is 10.1. The van der Waals surface area contributed by atoms with E-state index in [4.69, 9.17) is 0 Å². The van der Waals surface area contributed by atoms with Gasteiger partial charge in [-0.2, -0.15) is 0 Å². The van der Waals surface area contributed by atoms with Crippen LogP contribution in [0.1, 0.15) is 45.4 Å². The van der Waals surface area contributed by atoms with Gasteiger partial charge in [0.15, 0.2) is 0 Å². The molecule has 0 bridgehead atoms. The second-order valence-electron chi connectivity index (χ2n) is 7.10. The molecule has 2 saturated carbocycles. The Labute approximate surface area is 126 Å². The van der Waals surface area contributed by atoms with Crippen LogP contribution in [0.5, 0.6) is 0 Å². The number of fused-ring (bicyclic) bond motifs is 1. The molecule has 0 aliphatic heterocycles. The number of rotatable bonds is 3. The summed E-state index contributed by atoms with van der Waals surface area (Å²) >= 11 is 0. The van der Waals surface area contributed by atoms with Crippen LogP contribution in [-0.4, -0.2) is 16.0 Å². The van der Waals surface area contributed by atoms with E-state index in [2.05, 4.69) is 28.3 Å². The molecule has 0 atom stereocenters. The van der Waals surface area contributed by atoms with Crippen LogP contribution in [0.2, 0.25) is 0 Å². The summed E-state index contributed by atoms with van der Waals surface area (Å²) in [5.74, 6) is 1.74. The summed E-state index contributed by atoms with van der Waals surface area (Å²) in [5, 5.41) is 4.65. The molecule has 0 amide bonds. The lowest BCUT2D eigenvalue weighted by Gasteiger charge is -2.32. The van der Waals surface area contributed by atoms with Crippen molar-refractivity contribution in [2.45, 2.75) is 51.5 Å². The van der Waals surface area contributed by atoms with Crippen molar-refractivity contribution < 1.29 is 0 Å². The quantitative estimate of drug-likeness (QED) is 0.906. The molecule has 1 aromatic carbocycles. The third-order valence-corrected chi connectivity index (χ3v) is 5.57. The van der Waals surface area contributed by atoms with Gasteiger partial charge in [-0.05, 0) is 55.9 Å². The number of hydrogen-bond acceptors (Lipinski definition) is 3. The van der Waals surface area contributed by atoms with E-state index in [1.165, 1.54) is 38.5 Å². The van der Waals surface area contributed by atoms with Crippen LogP contribution >= 0.6 is 0 Å². The highest BCUT2D eigenvalue weighted by Gasteiger charge is 2.45. The molecule has 0 saturated heterocycles. The molecule has 2 fully saturated rings. The first-order chi connectivity index (χ1) is 10.2. The third-order valence-electron chi connectivity index (χ3n) is 5.57. The zero-order chi connectivity index (χ0) is 14.3. The van der Waals surface area contributed by atoms with E-state index in [9.17, 15) is 0 Å². The monoisotopic (exact) mass is 281 g/mol. The topological polar surface area (TPSA) is 37.8 Å². The molecule has 1 aromatic heterocycles. The van der Waals surface area contributed by atoms with Gasteiger partial charge in [0.25, 0.3) is 0 Å². The van der Waals surface area contributed by atoms with Gasteiger partial charge in [-0.15, -0.1) is 0 Å². The highest BCUT2D eigenvalue weighted by atomic mass is 15.1. The van der Waals surface area contributed by atoms with Crippen LogP contribution in [0, 0.1) is 11.3 Å². The van der Waals surface area contributed by atoms with Gasteiger partial charge >= 0.3 is 0 Å². The smallest absolute Gasteiger partial charge is 0.223 e. The molecule has 0 spiro atoms. The molecule has 3 heteroatoms. The van der Waals surface area contributed by atoms with E-state index in [0.717, 1.165) is 22.8 Å². The number of nitrogens with zero attached hydrogens (tertiary/aromatic N) is 2. The summed E-state index contributed by atoms with van der Waals surface area (Å²) in [7, 11) is 0. The lowest BCUT2D eigenvalue weighted by molar-refractivity contribution is 0.235. The molecule has 4 rings (SSSR count). The number of hydrogen-bond donors (Lipinski definition) is 1. The largest absolute Gasteiger partial charge is 0.351 e. The van der Waals surface area contributed by atoms with E-state index in [1.807, 2.05) is 24.4 Å². The zero-order valence-electron chi connectivity index (χ0n) is 12.7. The molecular formula is C18H23N3. The fraction of sp³-hybridized carbons (Fsp3) is 0.556. The lowest BCUT2D eigenvalue weighted by atomic mass is 9.77. The molecule has 2 aliphatic rings. The standard InChI is InChI=1S/C18H23N3/c1-18(10-11-18)14-6-8-15(9-7-14)20-17-19-12-13-4-2-3-5-16(13)21-17/h2-5,12,14-15H,6-11H2,1H3,(H,19,20,21). The summed E-state index contributed by atoms with van der Waals surface area (Å²) in [6, 6.07) is 8.71. The molecule has 1 heterocycles. The van der Waals surface area contributed by atoms with Crippen molar-refractivity contribution in [3.8, 4) is 0 Å². The van der Waals surface area contributed by atoms with Crippen LogP contribution in [0.15, 0.2) is 30.5 Å². The highest BCUT2D eigenvalue weighted by Crippen LogP contribution is 2.55. The predicted molar refractivity (Wildman–Crippen MR) is 86.2 cm³/mol. The Morgan fingerprint density at radius 3 is 2.62 bits per heavy atom. The predicted octanol–water partition coefficient (Wildman–Crippen LogP) is 4.40. The number of para-hydroxylation sites is 1. The van der Waals surface area contributed by atoms with Crippen molar-refractivity contribution in [1.29, 1.82) is 0 Å². The van der Waals surface area contributed by atoms with Gasteiger partial charge in [-0.3, -0.25) is 0 Å². The van der Waals surface area contributed by atoms with Crippen LogP contribution in [0.4, 0.5) is 5.95 Å². The van der Waals surface area contributed by atoms with Crippen LogP contribution in [-0.2, 0) is 0 Å². The average molecular weight is 281 g/mol. The third kappa shape index (κ3) is 2.61. The van der Waals surface area contributed by atoms with Crippen LogP contribution in [0.3, 0.4) is 0 Å². The Balaban J connectivity index is 1.41. The molecule has 0 unspecified atom stereocenters. The minimum Gasteiger partial charge on any atom is -0.351 e. The van der Waals surface area contributed by atoms with E-state index in [-0.39, 0.29) is 0 Å². The minimum atomic E-state index is 0.546. The maximum atomic E-state index is 4.63. The Kier molecular flexibility index (Phi) is 3.09. The van der Waals surface area contributed by atoms with E-state index in [0.29, 0.717) is 11.5 Å². The second-order valence-corrected chi connectivity index (χ2v) is 7.10. The van der Waals surface area contributed by atoms with Gasteiger partial charge in [-0.25, -0.2) is 9.97 Å². The van der Waals surface area contributed by atoms with E-state index in [1.54, 1.807) is 0 Å². The minimum absolute atomic E-state index is 0.546. The van der Waals surface area contributed by atoms with Gasteiger partial charge in [0.1, 0.15) is 0 Å². The van der Waals surface area contributed by atoms with Crippen LogP contribution < -0.4 is 5.32 Å². The van der Waals surface area contributed by atoms with Crippen molar-refractivity contribution in [2.75, 3.05) is 5.32 Å². The molecule has 110 valence electrons. The Morgan fingerprint density at radius 2 is 1.86 bits per heavy atom. The maximum absolute atomic E-state index is 4.63. The number of nitrogens with one attached hydrogen (secondary N) is 1. The normalized spacial score (nSPS) is 27.5. The first kappa shape index (κ1) is 13.1. The number of aromatic nitrogens is 2. The second kappa shape index (κ2) is 4.97. The first-order valence-corrected chi connectivity index (χ1v) is 8.21. The first-order valence-electron chi connectivity index (χ1n) is 8.21. The average Bonchev–Trinajstić information content (AvgIpc) is 3.27. The lowest BCUT2D eigenvalue weighted by Crippen LogP contribution is -2.29. The number of benzene rings is 1. The molecule has 2 aromatic rings. The van der Waals surface area contributed by atoms with Crippen LogP contribution in [0.25, 0.3) is 10.9 Å². The fourth-order valence-corrected chi connectivity index (χ4v) is 3.76. The van der Waals surface area contributed by atoms with Gasteiger partial charge in [0.05, 0.1) is 5.52 Å². The Hall–Kier alpha value is -1.64. The Bertz CT molecular complexity index is 640. The van der Waals surface area contributed by atoms with Gasteiger partial charge in [0, 0.05) is 17.6 Å². The van der Waals surface area contributed by atoms with Gasteiger partial charge in [-0.1, -0.05) is 25.1 Å². The summed E-state index contributed by atoms with van der Waals surface area (Å²) < 4.78 is 0. The molecule has 3 nitrogen and oxygen atoms in total. The van der Waals surface area contributed by atoms with Crippen molar-refractivity contribution >= 4 is 16.9 Å². The van der Waals surface area contributed by atoms with Gasteiger partial charge < -0.3 is 5.32 Å². The number of anilines is 1. The molecule has 1 N–H and O–H groups in total. The maximum Gasteiger partial charge on any atom is 0.223 e. The summed E-state index contributed by atoms with van der Waals surface area (Å²) in [4.78, 5) is 9.09. The van der Waals surface area contributed by atoms with Crippen molar-refractivity contribution in [3.05, 3.63) is 30.5 Å². The van der Waals surface area contributed by atoms with E-state index >= 15 is 0 Å². The summed E-state index contributed by atoms with van der Waals surface area (Å²) in [5.41, 5.74) is 1.71. The molecule has 21 heavy (non-hydrogen) atoms. The SMILES string of the molecule is CC1(C2CCC(Nc3ncc4ccccc4n3)CC2)CC1.